The van der Waals surface area contributed by atoms with Crippen molar-refractivity contribution in [1.29, 1.82) is 5.26 Å². The van der Waals surface area contributed by atoms with Gasteiger partial charge < -0.3 is 4.74 Å². The number of aromatic nitrogens is 1. The molecule has 0 atom stereocenters. The Labute approximate surface area is 79.9 Å². The van der Waals surface area contributed by atoms with Crippen LogP contribution in [0.25, 0.3) is 0 Å². The highest BCUT2D eigenvalue weighted by atomic mass is 19.1. The van der Waals surface area contributed by atoms with Gasteiger partial charge in [-0.05, 0) is 6.07 Å². The number of carbonyl (C=O) groups excluding carboxylic acids is 1. The highest BCUT2D eigenvalue weighted by Crippen LogP contribution is 2.10. The second-order valence-electron chi connectivity index (χ2n) is 2.50. The summed E-state index contributed by atoms with van der Waals surface area (Å²) in [5.74, 6) is -1.32. The van der Waals surface area contributed by atoms with Gasteiger partial charge in [0.2, 0.25) is 0 Å². The molecule has 0 aliphatic carbocycles. The molecule has 1 rings (SSSR count). The quantitative estimate of drug-likeness (QED) is 0.653. The Bertz CT molecular complexity index is 398. The van der Waals surface area contributed by atoms with Crippen LogP contribution in [0.2, 0.25) is 0 Å². The van der Waals surface area contributed by atoms with Gasteiger partial charge in [-0.1, -0.05) is 0 Å². The van der Waals surface area contributed by atoms with Crippen LogP contribution < -0.4 is 0 Å². The third-order valence-corrected chi connectivity index (χ3v) is 1.64. The fraction of sp³-hybridized carbons (Fsp3) is 0.222. The number of rotatable bonds is 2. The molecule has 14 heavy (non-hydrogen) atoms. The number of esters is 1. The van der Waals surface area contributed by atoms with E-state index in [1.807, 2.05) is 0 Å². The van der Waals surface area contributed by atoms with Gasteiger partial charge in [0.1, 0.15) is 6.07 Å². The molecule has 0 radical (unpaired) electrons. The van der Waals surface area contributed by atoms with Crippen molar-refractivity contribution in [2.75, 3.05) is 7.11 Å². The molecule has 0 amide bonds. The molecule has 4 nitrogen and oxygen atoms in total. The molecule has 5 heteroatoms. The Morgan fingerprint density at radius 1 is 1.79 bits per heavy atom. The third-order valence-electron chi connectivity index (χ3n) is 1.64. The molecule has 0 saturated carbocycles. The van der Waals surface area contributed by atoms with Gasteiger partial charge >= 0.3 is 5.97 Å². The minimum absolute atomic E-state index is 0.114. The average molecular weight is 194 g/mol. The van der Waals surface area contributed by atoms with Crippen LogP contribution in [0.5, 0.6) is 0 Å². The van der Waals surface area contributed by atoms with Crippen LogP contribution in [-0.4, -0.2) is 18.1 Å². The largest absolute Gasteiger partial charge is 0.469 e. The Hall–Kier alpha value is -1.96. The zero-order valence-electron chi connectivity index (χ0n) is 7.45. The predicted octanol–water partition coefficient (Wildman–Crippen LogP) is 0.808. The van der Waals surface area contributed by atoms with Crippen molar-refractivity contribution in [2.24, 2.45) is 0 Å². The Kier molecular flexibility index (Phi) is 3.13. The molecule has 0 spiro atoms. The minimum atomic E-state index is -0.764. The normalized spacial score (nSPS) is 9.21. The number of carbonyl (C=O) groups is 1. The topological polar surface area (TPSA) is 63.0 Å². The second kappa shape index (κ2) is 4.33. The van der Waals surface area contributed by atoms with Gasteiger partial charge in [-0.2, -0.15) is 5.26 Å². The van der Waals surface area contributed by atoms with Crippen molar-refractivity contribution in [3.05, 3.63) is 29.3 Å². The molecule has 0 fully saturated rings. The number of halogens is 1. The zero-order chi connectivity index (χ0) is 10.6. The highest BCUT2D eigenvalue weighted by molar-refractivity contribution is 5.72. The van der Waals surface area contributed by atoms with Gasteiger partial charge in [-0.15, -0.1) is 0 Å². The summed E-state index contributed by atoms with van der Waals surface area (Å²) in [6.07, 6.45) is 1.08. The van der Waals surface area contributed by atoms with Gasteiger partial charge in [0.05, 0.1) is 13.5 Å². The minimum Gasteiger partial charge on any atom is -0.469 e. The molecule has 0 aliphatic heterocycles. The number of nitriles is 1. The number of ether oxygens (including phenoxy) is 1. The van der Waals surface area contributed by atoms with E-state index in [0.29, 0.717) is 0 Å². The molecule has 0 aliphatic rings. The predicted molar refractivity (Wildman–Crippen MR) is 44.6 cm³/mol. The van der Waals surface area contributed by atoms with E-state index in [1.54, 1.807) is 6.07 Å². The summed E-state index contributed by atoms with van der Waals surface area (Å²) < 4.78 is 17.7. The van der Waals surface area contributed by atoms with Crippen LogP contribution in [0, 0.1) is 17.1 Å². The zero-order valence-corrected chi connectivity index (χ0v) is 7.45. The van der Waals surface area contributed by atoms with E-state index in [1.165, 1.54) is 19.4 Å². The van der Waals surface area contributed by atoms with Crippen molar-refractivity contribution in [3.8, 4) is 6.07 Å². The number of nitrogens with zero attached hydrogens (tertiary/aromatic N) is 2. The van der Waals surface area contributed by atoms with E-state index in [9.17, 15) is 9.18 Å². The van der Waals surface area contributed by atoms with Crippen molar-refractivity contribution < 1.29 is 13.9 Å². The van der Waals surface area contributed by atoms with Crippen LogP contribution in [0.3, 0.4) is 0 Å². The number of pyridine rings is 1. The second-order valence-corrected chi connectivity index (χ2v) is 2.50. The fourth-order valence-electron chi connectivity index (χ4n) is 0.926. The molecule has 1 heterocycles. The van der Waals surface area contributed by atoms with Gasteiger partial charge in [-0.25, -0.2) is 9.37 Å². The molecule has 0 bridgehead atoms. The van der Waals surface area contributed by atoms with Crippen molar-refractivity contribution in [3.63, 3.8) is 0 Å². The SMILES string of the molecule is COC(=O)Cc1ccnc(C#N)c1F. The van der Waals surface area contributed by atoms with Crippen LogP contribution in [0.1, 0.15) is 11.3 Å². The first-order valence-corrected chi connectivity index (χ1v) is 3.79. The van der Waals surface area contributed by atoms with Crippen LogP contribution in [0.4, 0.5) is 4.39 Å². The Morgan fingerprint density at radius 2 is 2.50 bits per heavy atom. The molecule has 1 aromatic rings. The standard InChI is InChI=1S/C9H7FN2O2/c1-14-8(13)4-6-2-3-12-7(5-11)9(6)10/h2-3H,4H2,1H3. The molecule has 72 valence electrons. The summed E-state index contributed by atoms with van der Waals surface area (Å²) >= 11 is 0. The highest BCUT2D eigenvalue weighted by Gasteiger charge is 2.12. The molecule has 0 aromatic carbocycles. The molecule has 0 N–H and O–H groups in total. The van der Waals surface area contributed by atoms with Crippen molar-refractivity contribution in [1.82, 2.24) is 4.98 Å². The summed E-state index contributed by atoms with van der Waals surface area (Å²) in [6, 6.07) is 2.93. The number of hydrogen-bond acceptors (Lipinski definition) is 4. The maximum absolute atomic E-state index is 13.3. The lowest BCUT2D eigenvalue weighted by Gasteiger charge is -2.01. The average Bonchev–Trinajstić information content (AvgIpc) is 2.21. The van der Waals surface area contributed by atoms with E-state index in [2.05, 4.69) is 9.72 Å². The van der Waals surface area contributed by atoms with Crippen molar-refractivity contribution >= 4 is 5.97 Å². The maximum Gasteiger partial charge on any atom is 0.310 e. The number of hydrogen-bond donors (Lipinski definition) is 0. The smallest absolute Gasteiger partial charge is 0.310 e. The lowest BCUT2D eigenvalue weighted by atomic mass is 10.1. The molecular weight excluding hydrogens is 187 g/mol. The van der Waals surface area contributed by atoms with E-state index in [4.69, 9.17) is 5.26 Å². The summed E-state index contributed by atoms with van der Waals surface area (Å²) in [5, 5.41) is 8.47. The monoisotopic (exact) mass is 194 g/mol. The fourth-order valence-corrected chi connectivity index (χ4v) is 0.926. The summed E-state index contributed by atoms with van der Waals surface area (Å²) in [7, 11) is 1.21. The molecule has 1 aromatic heterocycles. The molecular formula is C9H7FN2O2. The van der Waals surface area contributed by atoms with Gasteiger partial charge in [0.25, 0.3) is 0 Å². The van der Waals surface area contributed by atoms with Gasteiger partial charge in [0, 0.05) is 11.8 Å². The first-order valence-electron chi connectivity index (χ1n) is 3.79. The third kappa shape index (κ3) is 2.04. The van der Waals surface area contributed by atoms with Crippen LogP contribution >= 0.6 is 0 Å². The van der Waals surface area contributed by atoms with Gasteiger partial charge in [0.15, 0.2) is 11.5 Å². The van der Waals surface area contributed by atoms with Gasteiger partial charge in [-0.3, -0.25) is 4.79 Å². The van der Waals surface area contributed by atoms with Crippen molar-refractivity contribution in [2.45, 2.75) is 6.42 Å². The first kappa shape index (κ1) is 10.1. The molecule has 0 unspecified atom stereocenters. The van der Waals surface area contributed by atoms with E-state index < -0.39 is 11.8 Å². The lowest BCUT2D eigenvalue weighted by Crippen LogP contribution is -2.07. The lowest BCUT2D eigenvalue weighted by molar-refractivity contribution is -0.139. The summed E-state index contributed by atoms with van der Waals surface area (Å²) in [6.45, 7) is 0. The van der Waals surface area contributed by atoms with E-state index in [-0.39, 0.29) is 17.7 Å². The summed E-state index contributed by atoms with van der Waals surface area (Å²) in [4.78, 5) is 14.3. The molecule has 0 saturated heterocycles. The van der Waals surface area contributed by atoms with Crippen LogP contribution in [-0.2, 0) is 16.0 Å². The Balaban J connectivity index is 2.99. The van der Waals surface area contributed by atoms with Crippen LogP contribution in [0.15, 0.2) is 12.3 Å². The maximum atomic E-state index is 13.3. The summed E-state index contributed by atoms with van der Waals surface area (Å²) in [5.41, 5.74) is -0.199. The van der Waals surface area contributed by atoms with E-state index >= 15 is 0 Å². The Morgan fingerprint density at radius 3 is 3.07 bits per heavy atom. The number of methoxy groups -OCH3 is 1. The van der Waals surface area contributed by atoms with E-state index in [0.717, 1.165) is 0 Å². The first-order chi connectivity index (χ1) is 6.69.